The van der Waals surface area contributed by atoms with Gasteiger partial charge in [0.2, 0.25) is 0 Å². The molecule has 2 nitrogen and oxygen atoms in total. The van der Waals surface area contributed by atoms with Gasteiger partial charge in [-0.1, -0.05) is 13.8 Å². The predicted octanol–water partition coefficient (Wildman–Crippen LogP) is 1.70. The van der Waals surface area contributed by atoms with Gasteiger partial charge in [0, 0.05) is 0 Å². The van der Waals surface area contributed by atoms with E-state index in [0.717, 1.165) is 0 Å². The number of halogens is 1. The zero-order chi connectivity index (χ0) is 9.23. The number of rotatable bonds is 3. The highest BCUT2D eigenvalue weighted by Gasteiger charge is 2.40. The molecule has 0 saturated carbocycles. The van der Waals surface area contributed by atoms with E-state index in [2.05, 4.69) is 51.2 Å². The molecule has 0 N–H and O–H groups in total. The highest BCUT2D eigenvalue weighted by atomic mass is 35.6. The molecule has 0 aromatic heterocycles. The molecule has 0 aromatic carbocycles. The first kappa shape index (κ1) is 11.4. The van der Waals surface area contributed by atoms with Crippen LogP contribution < -0.4 is 0 Å². The molecule has 0 unspecified atom stereocenters. The molecule has 4 heteroatoms. The maximum Gasteiger partial charge on any atom is 0.309 e. The van der Waals surface area contributed by atoms with Crippen LogP contribution in [0.4, 0.5) is 0 Å². The molecule has 0 amide bonds. The van der Waals surface area contributed by atoms with Gasteiger partial charge < -0.3 is 9.13 Å². The first-order valence-corrected chi connectivity index (χ1v) is 6.85. The van der Waals surface area contributed by atoms with Gasteiger partial charge in [-0.05, 0) is 33.7 Å². The summed E-state index contributed by atoms with van der Waals surface area (Å²) < 4.78 is 4.33. The van der Waals surface area contributed by atoms with Crippen LogP contribution in [0.5, 0.6) is 0 Å². The predicted molar refractivity (Wildman–Crippen MR) is 54.1 cm³/mol. The van der Waals surface area contributed by atoms with Gasteiger partial charge in [-0.2, -0.15) is 0 Å². The molecule has 0 atom stereocenters. The van der Waals surface area contributed by atoms with E-state index in [4.69, 9.17) is 11.1 Å². The van der Waals surface area contributed by atoms with E-state index >= 15 is 0 Å². The van der Waals surface area contributed by atoms with Crippen molar-refractivity contribution in [2.24, 2.45) is 0 Å². The molecule has 0 bridgehead atoms. The van der Waals surface area contributed by atoms with Crippen LogP contribution in [0.15, 0.2) is 0 Å². The zero-order valence-electron chi connectivity index (χ0n) is 8.35. The van der Waals surface area contributed by atoms with Gasteiger partial charge in [0.25, 0.3) is 0 Å². The van der Waals surface area contributed by atoms with Crippen LogP contribution in [0.3, 0.4) is 0 Å². The van der Waals surface area contributed by atoms with Gasteiger partial charge in [-0.15, -0.1) is 11.1 Å². The quantitative estimate of drug-likeness (QED) is 0.499. The highest BCUT2D eigenvalue weighted by Crippen LogP contribution is 2.28. The number of hydrogen-bond acceptors (Lipinski definition) is 2. The van der Waals surface area contributed by atoms with Crippen molar-refractivity contribution in [2.45, 2.75) is 19.4 Å². The van der Waals surface area contributed by atoms with E-state index in [0.29, 0.717) is 5.54 Å². The van der Waals surface area contributed by atoms with Crippen LogP contribution in [0.25, 0.3) is 0 Å². The minimum absolute atomic E-state index is 0.536. The van der Waals surface area contributed by atoms with Crippen molar-refractivity contribution in [1.29, 1.82) is 0 Å². The summed E-state index contributed by atoms with van der Waals surface area (Å²) >= 11 is 6.53. The van der Waals surface area contributed by atoms with Gasteiger partial charge in [-0.3, -0.25) is 0 Å². The second-order valence-electron chi connectivity index (χ2n) is 3.58. The lowest BCUT2D eigenvalue weighted by Gasteiger charge is -2.39. The Morgan fingerprint density at radius 3 is 1.27 bits per heavy atom. The van der Waals surface area contributed by atoms with Crippen LogP contribution in [0.1, 0.15) is 13.8 Å². The Balaban J connectivity index is 4.53. The SMILES string of the molecule is CC(C)[Si](Cl)(N(C)C)N(C)C. The Hall–Kier alpha value is 0.427. The minimum Gasteiger partial charge on any atom is -0.305 e. The molecular formula is C7H19ClN2Si. The molecule has 0 aliphatic rings. The van der Waals surface area contributed by atoms with E-state index in [-0.39, 0.29) is 0 Å². The van der Waals surface area contributed by atoms with Gasteiger partial charge in [0.15, 0.2) is 0 Å². The Bertz CT molecular complexity index is 104. The van der Waals surface area contributed by atoms with E-state index in [9.17, 15) is 0 Å². The first-order valence-electron chi connectivity index (χ1n) is 3.87. The molecule has 0 rings (SSSR count). The number of nitrogens with zero attached hydrogens (tertiary/aromatic N) is 2. The normalized spacial score (nSPS) is 13.6. The summed E-state index contributed by atoms with van der Waals surface area (Å²) in [4.78, 5) is 0. The molecule has 0 radical (unpaired) electrons. The van der Waals surface area contributed by atoms with Crippen LogP contribution in [0.2, 0.25) is 5.54 Å². The molecule has 0 aromatic rings. The van der Waals surface area contributed by atoms with Gasteiger partial charge in [-0.25, -0.2) is 0 Å². The van der Waals surface area contributed by atoms with Crippen LogP contribution in [0, 0.1) is 0 Å². The third-order valence-electron chi connectivity index (χ3n) is 1.99. The van der Waals surface area contributed by atoms with E-state index < -0.39 is 7.71 Å². The van der Waals surface area contributed by atoms with Crippen molar-refractivity contribution in [3.63, 3.8) is 0 Å². The van der Waals surface area contributed by atoms with Crippen molar-refractivity contribution in [1.82, 2.24) is 9.13 Å². The molecule has 0 heterocycles. The zero-order valence-corrected chi connectivity index (χ0v) is 10.1. The van der Waals surface area contributed by atoms with Crippen molar-refractivity contribution >= 4 is 18.8 Å². The molecule has 0 saturated heterocycles. The largest absolute Gasteiger partial charge is 0.309 e. The average Bonchev–Trinajstić information content (AvgIpc) is 1.84. The summed E-state index contributed by atoms with van der Waals surface area (Å²) in [5.41, 5.74) is 0.536. The third-order valence-corrected chi connectivity index (χ3v) is 9.30. The summed E-state index contributed by atoms with van der Waals surface area (Å²) in [7, 11) is 6.38. The smallest absolute Gasteiger partial charge is 0.305 e. The Labute approximate surface area is 76.0 Å². The maximum atomic E-state index is 6.53. The third kappa shape index (κ3) is 2.18. The summed E-state index contributed by atoms with van der Waals surface area (Å²) in [6.07, 6.45) is 0. The van der Waals surface area contributed by atoms with Crippen molar-refractivity contribution < 1.29 is 0 Å². The first-order chi connectivity index (χ1) is 4.83. The summed E-state index contributed by atoms with van der Waals surface area (Å²) in [5.74, 6) is 0. The summed E-state index contributed by atoms with van der Waals surface area (Å²) in [5, 5.41) is 0. The van der Waals surface area contributed by atoms with E-state index in [1.807, 2.05) is 0 Å². The summed E-state index contributed by atoms with van der Waals surface area (Å²) in [6, 6.07) is 0. The molecular weight excluding hydrogens is 176 g/mol. The highest BCUT2D eigenvalue weighted by molar-refractivity contribution is 7.17. The fourth-order valence-electron chi connectivity index (χ4n) is 1.43. The Morgan fingerprint density at radius 1 is 1.00 bits per heavy atom. The maximum absolute atomic E-state index is 6.53. The van der Waals surface area contributed by atoms with Crippen molar-refractivity contribution in [3.8, 4) is 0 Å². The van der Waals surface area contributed by atoms with Crippen LogP contribution in [-0.4, -0.2) is 45.0 Å². The van der Waals surface area contributed by atoms with Gasteiger partial charge in [0.1, 0.15) is 0 Å². The second kappa shape index (κ2) is 3.89. The van der Waals surface area contributed by atoms with Crippen LogP contribution in [-0.2, 0) is 0 Å². The molecule has 0 aliphatic carbocycles. The van der Waals surface area contributed by atoms with Gasteiger partial charge in [0.05, 0.1) is 0 Å². The van der Waals surface area contributed by atoms with E-state index in [1.165, 1.54) is 0 Å². The average molecular weight is 195 g/mol. The monoisotopic (exact) mass is 194 g/mol. The van der Waals surface area contributed by atoms with Crippen molar-refractivity contribution in [2.75, 3.05) is 28.2 Å². The lowest BCUT2D eigenvalue weighted by Crippen LogP contribution is -2.58. The van der Waals surface area contributed by atoms with Crippen LogP contribution >= 0.6 is 11.1 Å². The molecule has 11 heavy (non-hydrogen) atoms. The molecule has 0 aliphatic heterocycles. The lowest BCUT2D eigenvalue weighted by molar-refractivity contribution is 0.488. The minimum atomic E-state index is -1.84. The molecule has 0 spiro atoms. The van der Waals surface area contributed by atoms with Gasteiger partial charge >= 0.3 is 7.71 Å². The van der Waals surface area contributed by atoms with E-state index in [1.54, 1.807) is 0 Å². The van der Waals surface area contributed by atoms with Crippen molar-refractivity contribution in [3.05, 3.63) is 0 Å². The second-order valence-corrected chi connectivity index (χ2v) is 9.46. The lowest BCUT2D eigenvalue weighted by atomic mass is 10.6. The molecule has 68 valence electrons. The Morgan fingerprint density at radius 2 is 1.27 bits per heavy atom. The summed E-state index contributed by atoms with van der Waals surface area (Å²) in [6.45, 7) is 4.36. The fourth-order valence-corrected chi connectivity index (χ4v) is 4.30. The Kier molecular flexibility index (Phi) is 4.04. The number of hydrogen-bond donors (Lipinski definition) is 0. The topological polar surface area (TPSA) is 6.48 Å². The standard InChI is InChI=1S/C7H19ClN2Si/c1-7(2)11(8,9(3)4)10(5)6/h7H,1-6H3. The molecule has 0 fully saturated rings. The fraction of sp³-hybridized carbons (Fsp3) is 1.00.